The molecule has 23 heavy (non-hydrogen) atoms. The summed E-state index contributed by atoms with van der Waals surface area (Å²) in [6.07, 6.45) is 1.59. The van der Waals surface area contributed by atoms with E-state index in [4.69, 9.17) is 0 Å². The van der Waals surface area contributed by atoms with Crippen LogP contribution >= 0.6 is 11.3 Å². The van der Waals surface area contributed by atoms with E-state index in [1.54, 1.807) is 24.7 Å². The second-order valence-corrected chi connectivity index (χ2v) is 8.63. The third-order valence-electron chi connectivity index (χ3n) is 3.47. The van der Waals surface area contributed by atoms with Gasteiger partial charge in [0.1, 0.15) is 10.6 Å². The average Bonchev–Trinajstić information content (AvgIpc) is 3.12. The molecule has 0 saturated carbocycles. The minimum Gasteiger partial charge on any atom is -0.395 e. The van der Waals surface area contributed by atoms with Crippen molar-refractivity contribution >= 4 is 21.4 Å². The zero-order valence-electron chi connectivity index (χ0n) is 13.8. The van der Waals surface area contributed by atoms with Crippen molar-refractivity contribution in [1.29, 1.82) is 0 Å². The number of aliphatic hydroxyl groups is 1. The van der Waals surface area contributed by atoms with Crippen molar-refractivity contribution in [3.05, 3.63) is 23.7 Å². The fraction of sp³-hybridized carbons (Fsp3) is 0.533. The van der Waals surface area contributed by atoms with Gasteiger partial charge in [-0.05, 0) is 39.1 Å². The minimum absolute atomic E-state index is 0.0583. The van der Waals surface area contributed by atoms with Crippen LogP contribution in [0.15, 0.2) is 28.6 Å². The normalized spacial score (nSPS) is 12.7. The van der Waals surface area contributed by atoms with Crippen LogP contribution in [0, 0.1) is 0 Å². The van der Waals surface area contributed by atoms with E-state index in [1.165, 1.54) is 15.6 Å². The predicted molar refractivity (Wildman–Crippen MR) is 92.0 cm³/mol. The maximum Gasteiger partial charge on any atom is 0.247 e. The van der Waals surface area contributed by atoms with Gasteiger partial charge in [0.2, 0.25) is 10.0 Å². The highest BCUT2D eigenvalue weighted by atomic mass is 32.2. The minimum atomic E-state index is -3.74. The zero-order valence-corrected chi connectivity index (χ0v) is 15.4. The highest BCUT2D eigenvalue weighted by Gasteiger charge is 2.32. The molecule has 1 N–H and O–H groups in total. The van der Waals surface area contributed by atoms with Gasteiger partial charge in [0.05, 0.1) is 11.5 Å². The second kappa shape index (κ2) is 7.12. The summed E-state index contributed by atoms with van der Waals surface area (Å²) in [5, 5.41) is 15.6. The van der Waals surface area contributed by atoms with Crippen molar-refractivity contribution < 1.29 is 13.5 Å². The van der Waals surface area contributed by atoms with Gasteiger partial charge < -0.3 is 5.11 Å². The first-order valence-corrected chi connectivity index (χ1v) is 9.86. The lowest BCUT2D eigenvalue weighted by molar-refractivity contribution is 0.236. The van der Waals surface area contributed by atoms with Crippen molar-refractivity contribution in [2.24, 2.45) is 0 Å². The van der Waals surface area contributed by atoms with Crippen LogP contribution in [-0.4, -0.2) is 46.8 Å². The van der Waals surface area contributed by atoms with E-state index in [2.05, 4.69) is 5.10 Å². The third-order valence-corrected chi connectivity index (χ3v) is 6.42. The Morgan fingerprint density at radius 2 is 2.04 bits per heavy atom. The molecule has 6 nitrogen and oxygen atoms in total. The lowest BCUT2D eigenvalue weighted by Gasteiger charge is -2.24. The summed E-state index contributed by atoms with van der Waals surface area (Å²) in [5.41, 5.74) is 0.470. The molecule has 0 bridgehead atoms. The summed E-state index contributed by atoms with van der Waals surface area (Å²) < 4.78 is 29.1. The molecule has 0 amide bonds. The van der Waals surface area contributed by atoms with Crippen LogP contribution in [-0.2, 0) is 10.0 Å². The van der Waals surface area contributed by atoms with Gasteiger partial charge in [-0.15, -0.1) is 11.3 Å². The number of thiophene rings is 1. The van der Waals surface area contributed by atoms with Crippen LogP contribution in [0.25, 0.3) is 10.6 Å². The Morgan fingerprint density at radius 1 is 1.35 bits per heavy atom. The van der Waals surface area contributed by atoms with Crippen LogP contribution in [0.4, 0.5) is 0 Å². The third kappa shape index (κ3) is 3.65. The topological polar surface area (TPSA) is 75.4 Å². The number of rotatable bonds is 7. The Kier molecular flexibility index (Phi) is 5.61. The summed E-state index contributed by atoms with van der Waals surface area (Å²) in [4.78, 5) is 1.01. The van der Waals surface area contributed by atoms with Gasteiger partial charge in [-0.1, -0.05) is 6.07 Å². The standard InChI is InChI=1S/C15H23N3O3S2/c1-11(2)17-10-14(15(16-17)13-6-5-9-22-13)23(20,21)18(7-8-19)12(3)4/h5-6,9-12,19H,7-8H2,1-4H3. The molecule has 2 heterocycles. The summed E-state index contributed by atoms with van der Waals surface area (Å²) in [6.45, 7) is 7.35. The number of hydrogen-bond donors (Lipinski definition) is 1. The maximum atomic E-state index is 13.1. The molecule has 0 aliphatic heterocycles. The van der Waals surface area contributed by atoms with Crippen molar-refractivity contribution in [3.63, 3.8) is 0 Å². The van der Waals surface area contributed by atoms with Crippen LogP contribution in [0.3, 0.4) is 0 Å². The van der Waals surface area contributed by atoms with Gasteiger partial charge in [-0.25, -0.2) is 8.42 Å². The smallest absolute Gasteiger partial charge is 0.247 e. The van der Waals surface area contributed by atoms with Crippen molar-refractivity contribution in [1.82, 2.24) is 14.1 Å². The average molecular weight is 358 g/mol. The number of sulfonamides is 1. The summed E-state index contributed by atoms with van der Waals surface area (Å²) in [5.74, 6) is 0. The molecule has 0 aliphatic rings. The fourth-order valence-corrected chi connectivity index (χ4v) is 4.85. The lowest BCUT2D eigenvalue weighted by Crippen LogP contribution is -2.39. The van der Waals surface area contributed by atoms with Crippen LogP contribution in [0.2, 0.25) is 0 Å². The molecule has 0 saturated heterocycles. The van der Waals surface area contributed by atoms with Gasteiger partial charge in [0, 0.05) is 24.8 Å². The fourth-order valence-electron chi connectivity index (χ4n) is 2.29. The van der Waals surface area contributed by atoms with Crippen LogP contribution in [0.5, 0.6) is 0 Å². The molecule has 2 aromatic heterocycles. The van der Waals surface area contributed by atoms with E-state index < -0.39 is 10.0 Å². The van der Waals surface area contributed by atoms with Crippen molar-refractivity contribution in [3.8, 4) is 10.6 Å². The molecule has 0 unspecified atom stereocenters. The summed E-state index contributed by atoms with van der Waals surface area (Å²) >= 11 is 1.46. The maximum absolute atomic E-state index is 13.1. The first kappa shape index (κ1) is 18.1. The largest absolute Gasteiger partial charge is 0.395 e. The van der Waals surface area contributed by atoms with Gasteiger partial charge >= 0.3 is 0 Å². The SMILES string of the molecule is CC(C)N(CCO)S(=O)(=O)c1cn(C(C)C)nc1-c1cccs1. The summed E-state index contributed by atoms with van der Waals surface area (Å²) in [6, 6.07) is 3.55. The second-order valence-electron chi connectivity index (χ2n) is 5.83. The van der Waals surface area contributed by atoms with Gasteiger partial charge in [0.15, 0.2) is 0 Å². The molecule has 0 radical (unpaired) electrons. The number of hydrogen-bond acceptors (Lipinski definition) is 5. The van der Waals surface area contributed by atoms with E-state index in [9.17, 15) is 13.5 Å². The molecular formula is C15H23N3O3S2. The van der Waals surface area contributed by atoms with Gasteiger partial charge in [-0.2, -0.15) is 9.40 Å². The monoisotopic (exact) mass is 357 g/mol. The predicted octanol–water partition coefficient (Wildman–Crippen LogP) is 2.58. The van der Waals surface area contributed by atoms with Crippen molar-refractivity contribution in [2.45, 2.75) is 44.7 Å². The highest BCUT2D eigenvalue weighted by molar-refractivity contribution is 7.89. The van der Waals surface area contributed by atoms with E-state index in [0.29, 0.717) is 5.69 Å². The Hall–Kier alpha value is -1.22. The Bertz CT molecular complexity index is 734. The zero-order chi connectivity index (χ0) is 17.2. The number of nitrogens with zero attached hydrogens (tertiary/aromatic N) is 3. The molecule has 0 atom stereocenters. The molecule has 0 spiro atoms. The Labute approximate surface area is 141 Å². The first-order valence-electron chi connectivity index (χ1n) is 7.54. The molecule has 8 heteroatoms. The Morgan fingerprint density at radius 3 is 2.52 bits per heavy atom. The quantitative estimate of drug-likeness (QED) is 0.826. The molecule has 0 aliphatic carbocycles. The van der Waals surface area contributed by atoms with Crippen LogP contribution < -0.4 is 0 Å². The van der Waals surface area contributed by atoms with Crippen molar-refractivity contribution in [2.75, 3.05) is 13.2 Å². The molecule has 2 aromatic rings. The number of aromatic nitrogens is 2. The van der Waals surface area contributed by atoms with E-state index >= 15 is 0 Å². The Balaban J connectivity index is 2.61. The van der Waals surface area contributed by atoms with Gasteiger partial charge in [-0.3, -0.25) is 4.68 Å². The molecular weight excluding hydrogens is 334 g/mol. The molecule has 0 fully saturated rings. The van der Waals surface area contributed by atoms with Gasteiger partial charge in [0.25, 0.3) is 0 Å². The number of aliphatic hydroxyl groups excluding tert-OH is 1. The van der Waals surface area contributed by atoms with E-state index in [-0.39, 0.29) is 30.1 Å². The van der Waals surface area contributed by atoms with E-state index in [1.807, 2.05) is 31.4 Å². The highest BCUT2D eigenvalue weighted by Crippen LogP contribution is 2.32. The summed E-state index contributed by atoms with van der Waals surface area (Å²) in [7, 11) is -3.74. The molecule has 0 aromatic carbocycles. The lowest BCUT2D eigenvalue weighted by atomic mass is 10.3. The molecule has 128 valence electrons. The first-order chi connectivity index (χ1) is 10.8. The van der Waals surface area contributed by atoms with Crippen LogP contribution in [0.1, 0.15) is 33.7 Å². The van der Waals surface area contributed by atoms with E-state index in [0.717, 1.165) is 4.88 Å². The molecule has 2 rings (SSSR count).